The van der Waals surface area contributed by atoms with Gasteiger partial charge in [-0.2, -0.15) is 0 Å². The van der Waals surface area contributed by atoms with Crippen molar-refractivity contribution >= 4 is 14.2 Å². The zero-order valence-corrected chi connectivity index (χ0v) is 8.34. The molecule has 0 heterocycles. The Hall–Kier alpha value is -0.233. The molecule has 4 nitrogen and oxygen atoms in total. The molecule has 0 saturated carbocycles. The van der Waals surface area contributed by atoms with Crippen molar-refractivity contribution in [3.63, 3.8) is 0 Å². The van der Waals surface area contributed by atoms with Crippen molar-refractivity contribution in [1.82, 2.24) is 0 Å². The van der Waals surface area contributed by atoms with Gasteiger partial charge in [-0.05, 0) is 0 Å². The van der Waals surface area contributed by atoms with Crippen molar-refractivity contribution in [2.75, 3.05) is 21.3 Å². The second-order valence-electron chi connectivity index (χ2n) is 1.95. The molecule has 0 aromatic carbocycles. The number of hydrogen-bond acceptors (Lipinski definition) is 4. The third-order valence-electron chi connectivity index (χ3n) is 1.47. The fourth-order valence-electron chi connectivity index (χ4n) is 0.808. The Morgan fingerprint density at radius 3 is 1.64 bits per heavy atom. The maximum absolute atomic E-state index is 11.2. The van der Waals surface area contributed by atoms with Crippen LogP contribution in [0.2, 0.25) is 0 Å². The molecule has 0 bridgehead atoms. The highest BCUT2D eigenvalue weighted by Crippen LogP contribution is 2.08. The molecule has 0 aliphatic carbocycles. The molecule has 0 amide bonds. The van der Waals surface area contributed by atoms with Gasteiger partial charge in [0.25, 0.3) is 0 Å². The van der Waals surface area contributed by atoms with Crippen LogP contribution in [0.15, 0.2) is 0 Å². The first-order valence-electron chi connectivity index (χ1n) is 3.35. The molecule has 0 saturated heterocycles. The van der Waals surface area contributed by atoms with Crippen molar-refractivity contribution < 1.29 is 18.1 Å². The number of hydrogen-bond donors (Lipinski definition) is 0. The molecule has 0 fully saturated rings. The van der Waals surface area contributed by atoms with Crippen LogP contribution in [0, 0.1) is 0 Å². The third kappa shape index (κ3) is 2.10. The Kier molecular flexibility index (Phi) is 4.51. The van der Waals surface area contributed by atoms with Gasteiger partial charge in [-0.3, -0.25) is 4.79 Å². The smallest absolute Gasteiger partial charge is 0.372 e. The van der Waals surface area contributed by atoms with E-state index in [4.69, 9.17) is 13.3 Å². The molecular formula is C6H14O4Si. The van der Waals surface area contributed by atoms with Crippen LogP contribution >= 0.6 is 0 Å². The van der Waals surface area contributed by atoms with Gasteiger partial charge in [0.2, 0.25) is 5.41 Å². The van der Waals surface area contributed by atoms with Gasteiger partial charge in [0, 0.05) is 27.8 Å². The minimum atomic E-state index is -2.96. The van der Waals surface area contributed by atoms with Crippen molar-refractivity contribution in [2.24, 2.45) is 0 Å². The standard InChI is InChI=1S/C6H14O4Si/c1-5-6(7)11(8-2,9-3)10-4/h5H2,1-4H3. The van der Waals surface area contributed by atoms with Crippen LogP contribution in [-0.2, 0) is 18.1 Å². The largest absolute Gasteiger partial charge is 0.573 e. The first kappa shape index (κ1) is 10.8. The molecule has 0 unspecified atom stereocenters. The number of carbonyl (C=O) groups excluding carboxylic acids is 1. The predicted molar refractivity (Wildman–Crippen MR) is 42.1 cm³/mol. The van der Waals surface area contributed by atoms with Crippen molar-refractivity contribution in [3.05, 3.63) is 0 Å². The normalized spacial score (nSPS) is 11.6. The topological polar surface area (TPSA) is 44.8 Å². The Bertz CT molecular complexity index is 124. The third-order valence-corrected chi connectivity index (χ3v) is 4.12. The van der Waals surface area contributed by atoms with Crippen LogP contribution in [0.5, 0.6) is 0 Å². The minimum absolute atomic E-state index is 0.0926. The van der Waals surface area contributed by atoms with Crippen LogP contribution in [0.25, 0.3) is 0 Å². The van der Waals surface area contributed by atoms with E-state index in [9.17, 15) is 4.79 Å². The highest BCUT2D eigenvalue weighted by molar-refractivity contribution is 6.92. The molecule has 5 heteroatoms. The fraction of sp³-hybridized carbons (Fsp3) is 0.833. The summed E-state index contributed by atoms with van der Waals surface area (Å²) >= 11 is 0. The molecule has 0 aromatic heterocycles. The number of rotatable bonds is 5. The summed E-state index contributed by atoms with van der Waals surface area (Å²) in [4.78, 5) is 11.2. The van der Waals surface area contributed by atoms with E-state index in [0.29, 0.717) is 6.42 Å². The van der Waals surface area contributed by atoms with Crippen molar-refractivity contribution in [2.45, 2.75) is 13.3 Å². The molecule has 66 valence electrons. The molecular weight excluding hydrogens is 164 g/mol. The lowest BCUT2D eigenvalue weighted by Crippen LogP contribution is -2.51. The highest BCUT2D eigenvalue weighted by atomic mass is 28.4. The zero-order chi connectivity index (χ0) is 8.91. The quantitative estimate of drug-likeness (QED) is 0.571. The summed E-state index contributed by atoms with van der Waals surface area (Å²) in [5, 5.41) is -0.0926. The van der Waals surface area contributed by atoms with E-state index in [-0.39, 0.29) is 5.41 Å². The van der Waals surface area contributed by atoms with Crippen LogP contribution in [0.1, 0.15) is 13.3 Å². The lowest BCUT2D eigenvalue weighted by Gasteiger charge is -2.21. The molecule has 0 radical (unpaired) electrons. The lowest BCUT2D eigenvalue weighted by atomic mass is 10.6. The molecule has 0 atom stereocenters. The predicted octanol–water partition coefficient (Wildman–Crippen LogP) is 0.383. The van der Waals surface area contributed by atoms with E-state index in [1.165, 1.54) is 21.3 Å². The minimum Gasteiger partial charge on any atom is -0.372 e. The first-order chi connectivity index (χ1) is 5.16. The monoisotopic (exact) mass is 178 g/mol. The second kappa shape index (κ2) is 4.61. The van der Waals surface area contributed by atoms with Gasteiger partial charge in [-0.15, -0.1) is 0 Å². The van der Waals surface area contributed by atoms with E-state index < -0.39 is 8.80 Å². The lowest BCUT2D eigenvalue weighted by molar-refractivity contribution is -0.118. The van der Waals surface area contributed by atoms with Gasteiger partial charge in [-0.1, -0.05) is 6.92 Å². The maximum atomic E-state index is 11.2. The summed E-state index contributed by atoms with van der Waals surface area (Å²) in [5.41, 5.74) is 0. The van der Waals surface area contributed by atoms with Gasteiger partial charge in [0.05, 0.1) is 0 Å². The Morgan fingerprint density at radius 2 is 1.55 bits per heavy atom. The van der Waals surface area contributed by atoms with E-state index >= 15 is 0 Å². The Morgan fingerprint density at radius 1 is 1.18 bits per heavy atom. The molecule has 0 aliphatic rings. The Balaban J connectivity index is 4.39. The van der Waals surface area contributed by atoms with Gasteiger partial charge in [-0.25, -0.2) is 0 Å². The average Bonchev–Trinajstić information content (AvgIpc) is 2.08. The van der Waals surface area contributed by atoms with Crippen molar-refractivity contribution in [3.8, 4) is 0 Å². The summed E-state index contributed by atoms with van der Waals surface area (Å²) in [6.07, 6.45) is 0.377. The first-order valence-corrected chi connectivity index (χ1v) is 5.08. The average molecular weight is 178 g/mol. The highest BCUT2D eigenvalue weighted by Gasteiger charge is 2.46. The fourth-order valence-corrected chi connectivity index (χ4v) is 2.42. The van der Waals surface area contributed by atoms with Crippen LogP contribution in [0.3, 0.4) is 0 Å². The van der Waals surface area contributed by atoms with Crippen LogP contribution in [-0.4, -0.2) is 35.5 Å². The van der Waals surface area contributed by atoms with Gasteiger partial charge >= 0.3 is 8.80 Å². The van der Waals surface area contributed by atoms with E-state index in [1.807, 2.05) is 0 Å². The summed E-state index contributed by atoms with van der Waals surface area (Å²) < 4.78 is 14.8. The van der Waals surface area contributed by atoms with E-state index in [1.54, 1.807) is 6.92 Å². The molecule has 0 N–H and O–H groups in total. The molecule has 11 heavy (non-hydrogen) atoms. The van der Waals surface area contributed by atoms with Gasteiger partial charge in [0.15, 0.2) is 0 Å². The SMILES string of the molecule is CCC(=O)[Si](OC)(OC)OC. The summed E-state index contributed by atoms with van der Waals surface area (Å²) in [5.74, 6) is 0. The molecule has 0 rings (SSSR count). The summed E-state index contributed by atoms with van der Waals surface area (Å²) in [6, 6.07) is 0. The van der Waals surface area contributed by atoms with Gasteiger partial charge in [0.1, 0.15) is 0 Å². The van der Waals surface area contributed by atoms with Crippen LogP contribution in [0.4, 0.5) is 0 Å². The second-order valence-corrected chi connectivity index (χ2v) is 4.84. The van der Waals surface area contributed by atoms with Crippen molar-refractivity contribution in [1.29, 1.82) is 0 Å². The molecule has 0 aliphatic heterocycles. The number of carbonyl (C=O) groups is 1. The van der Waals surface area contributed by atoms with Gasteiger partial charge < -0.3 is 13.3 Å². The maximum Gasteiger partial charge on any atom is 0.573 e. The summed E-state index contributed by atoms with van der Waals surface area (Å²) in [7, 11) is 1.31. The molecule has 0 aromatic rings. The van der Waals surface area contributed by atoms with Crippen LogP contribution < -0.4 is 0 Å². The summed E-state index contributed by atoms with van der Waals surface area (Å²) in [6.45, 7) is 1.75. The zero-order valence-electron chi connectivity index (χ0n) is 7.34. The van der Waals surface area contributed by atoms with E-state index in [0.717, 1.165) is 0 Å². The Labute approximate surface area is 67.8 Å². The molecule has 0 spiro atoms. The van der Waals surface area contributed by atoms with E-state index in [2.05, 4.69) is 0 Å².